The van der Waals surface area contributed by atoms with Crippen molar-refractivity contribution in [1.29, 1.82) is 0 Å². The number of aliphatic hydroxyl groups is 1. The van der Waals surface area contributed by atoms with Crippen molar-refractivity contribution in [2.45, 2.75) is 45.8 Å². The molecule has 118 valence electrons. The van der Waals surface area contributed by atoms with Gasteiger partial charge in [-0.05, 0) is 44.4 Å². The number of benzene rings is 1. The lowest BCUT2D eigenvalue weighted by molar-refractivity contribution is -0.0745. The maximum absolute atomic E-state index is 14.4. The van der Waals surface area contributed by atoms with Gasteiger partial charge in [0.2, 0.25) is 0 Å². The van der Waals surface area contributed by atoms with Crippen LogP contribution in [0.3, 0.4) is 0 Å². The second-order valence-electron chi connectivity index (χ2n) is 6.19. The molecule has 3 nitrogen and oxygen atoms in total. The fraction of sp³-hybridized carbons (Fsp3) is 0.647. The molecule has 0 aliphatic carbocycles. The number of hydrogen-bond acceptors (Lipinski definition) is 3. The topological polar surface area (TPSA) is 32.7 Å². The molecule has 1 aromatic rings. The first-order valence-corrected chi connectivity index (χ1v) is 7.67. The number of aryl methyl sites for hydroxylation is 2. The minimum absolute atomic E-state index is 0.312. The monoisotopic (exact) mass is 295 g/mol. The van der Waals surface area contributed by atoms with Crippen molar-refractivity contribution in [2.75, 3.05) is 26.3 Å². The Morgan fingerprint density at radius 1 is 1.33 bits per heavy atom. The summed E-state index contributed by atoms with van der Waals surface area (Å²) in [6.45, 7) is 10.7. The molecule has 0 spiro atoms. The van der Waals surface area contributed by atoms with Crippen molar-refractivity contribution in [3.63, 3.8) is 0 Å². The van der Waals surface area contributed by atoms with Gasteiger partial charge in [-0.1, -0.05) is 13.0 Å². The Morgan fingerprint density at radius 2 is 1.95 bits per heavy atom. The van der Waals surface area contributed by atoms with E-state index in [9.17, 15) is 9.50 Å². The molecule has 1 aromatic carbocycles. The van der Waals surface area contributed by atoms with Crippen LogP contribution in [0.2, 0.25) is 0 Å². The molecule has 0 radical (unpaired) electrons. The van der Waals surface area contributed by atoms with E-state index >= 15 is 0 Å². The van der Waals surface area contributed by atoms with Crippen LogP contribution in [0.4, 0.5) is 4.39 Å². The Bertz CT molecular complexity index is 477. The Kier molecular flexibility index (Phi) is 5.02. The van der Waals surface area contributed by atoms with Crippen LogP contribution in [0.1, 0.15) is 43.1 Å². The molecular formula is C17H26FNO2. The Labute approximate surface area is 126 Å². The third kappa shape index (κ3) is 3.12. The first-order valence-electron chi connectivity index (χ1n) is 7.67. The summed E-state index contributed by atoms with van der Waals surface area (Å²) in [6, 6.07) is 3.43. The van der Waals surface area contributed by atoms with E-state index in [1.165, 1.54) is 6.07 Å². The molecule has 0 aromatic heterocycles. The van der Waals surface area contributed by atoms with Crippen LogP contribution < -0.4 is 0 Å². The highest BCUT2D eigenvalue weighted by molar-refractivity contribution is 5.35. The van der Waals surface area contributed by atoms with Crippen LogP contribution in [0.15, 0.2) is 12.1 Å². The zero-order valence-electron chi connectivity index (χ0n) is 13.4. The van der Waals surface area contributed by atoms with E-state index in [2.05, 4.69) is 4.90 Å². The van der Waals surface area contributed by atoms with Gasteiger partial charge in [0.25, 0.3) is 0 Å². The van der Waals surface area contributed by atoms with Gasteiger partial charge in [0.15, 0.2) is 0 Å². The summed E-state index contributed by atoms with van der Waals surface area (Å²) in [6.07, 6.45) is -0.0952. The maximum Gasteiger partial charge on any atom is 0.129 e. The number of halogens is 1. The van der Waals surface area contributed by atoms with E-state index in [1.807, 2.05) is 33.8 Å². The summed E-state index contributed by atoms with van der Waals surface area (Å²) in [4.78, 5) is 2.22. The molecule has 2 atom stereocenters. The third-order valence-electron chi connectivity index (χ3n) is 4.79. The maximum atomic E-state index is 14.4. The van der Waals surface area contributed by atoms with Gasteiger partial charge >= 0.3 is 0 Å². The standard InChI is InChI=1S/C17H26FNO2/c1-5-17(4,19-6-8-21-9-7-19)16(20)15-13(3)10-12(2)11-14(15)18/h10-11,16,20H,5-9H2,1-4H3. The van der Waals surface area contributed by atoms with Crippen LogP contribution in [-0.4, -0.2) is 41.8 Å². The Morgan fingerprint density at radius 3 is 2.48 bits per heavy atom. The van der Waals surface area contributed by atoms with Gasteiger partial charge in [0.05, 0.1) is 13.2 Å². The van der Waals surface area contributed by atoms with Crippen LogP contribution in [-0.2, 0) is 4.74 Å². The highest BCUT2D eigenvalue weighted by Crippen LogP contribution is 2.37. The van der Waals surface area contributed by atoms with Crippen molar-refractivity contribution in [3.8, 4) is 0 Å². The molecule has 21 heavy (non-hydrogen) atoms. The second kappa shape index (κ2) is 6.42. The highest BCUT2D eigenvalue weighted by Gasteiger charge is 2.40. The highest BCUT2D eigenvalue weighted by atomic mass is 19.1. The van der Waals surface area contributed by atoms with Gasteiger partial charge in [-0.25, -0.2) is 4.39 Å². The quantitative estimate of drug-likeness (QED) is 0.927. The molecular weight excluding hydrogens is 269 g/mol. The van der Waals surface area contributed by atoms with E-state index in [0.717, 1.165) is 30.6 Å². The smallest absolute Gasteiger partial charge is 0.129 e. The predicted octanol–water partition coefficient (Wildman–Crippen LogP) is 2.98. The van der Waals surface area contributed by atoms with E-state index in [-0.39, 0.29) is 5.82 Å². The van der Waals surface area contributed by atoms with Gasteiger partial charge in [0.1, 0.15) is 11.9 Å². The molecule has 2 rings (SSSR count). The second-order valence-corrected chi connectivity index (χ2v) is 6.19. The van der Waals surface area contributed by atoms with E-state index in [1.54, 1.807) is 0 Å². The van der Waals surface area contributed by atoms with Gasteiger partial charge in [0, 0.05) is 24.2 Å². The molecule has 0 saturated carbocycles. The van der Waals surface area contributed by atoms with Crippen molar-refractivity contribution in [3.05, 3.63) is 34.6 Å². The lowest BCUT2D eigenvalue weighted by Crippen LogP contribution is -2.54. The molecule has 1 aliphatic rings. The van der Waals surface area contributed by atoms with E-state index in [0.29, 0.717) is 18.8 Å². The number of nitrogens with zero attached hydrogens (tertiary/aromatic N) is 1. The normalized spacial score (nSPS) is 21.0. The zero-order valence-corrected chi connectivity index (χ0v) is 13.4. The first kappa shape index (κ1) is 16.4. The van der Waals surface area contributed by atoms with Crippen molar-refractivity contribution in [2.24, 2.45) is 0 Å². The predicted molar refractivity (Wildman–Crippen MR) is 81.9 cm³/mol. The minimum Gasteiger partial charge on any atom is -0.386 e. The molecule has 4 heteroatoms. The summed E-state index contributed by atoms with van der Waals surface area (Å²) >= 11 is 0. The zero-order chi connectivity index (χ0) is 15.6. The lowest BCUT2D eigenvalue weighted by Gasteiger charge is -2.46. The summed E-state index contributed by atoms with van der Waals surface area (Å²) in [7, 11) is 0. The summed E-state index contributed by atoms with van der Waals surface area (Å²) < 4.78 is 19.8. The Hall–Kier alpha value is -0.970. The SMILES string of the molecule is CCC(C)(C(O)c1c(C)cc(C)cc1F)N1CCOCC1. The molecule has 1 heterocycles. The molecule has 0 amide bonds. The summed E-state index contributed by atoms with van der Waals surface area (Å²) in [5, 5.41) is 10.9. The van der Waals surface area contributed by atoms with Gasteiger partial charge < -0.3 is 9.84 Å². The van der Waals surface area contributed by atoms with Crippen LogP contribution >= 0.6 is 0 Å². The molecule has 1 saturated heterocycles. The molecule has 2 unspecified atom stereocenters. The molecule has 1 fully saturated rings. The lowest BCUT2D eigenvalue weighted by atomic mass is 9.82. The van der Waals surface area contributed by atoms with Crippen molar-refractivity contribution >= 4 is 0 Å². The first-order chi connectivity index (χ1) is 9.90. The van der Waals surface area contributed by atoms with Crippen molar-refractivity contribution < 1.29 is 14.2 Å². The van der Waals surface area contributed by atoms with Crippen LogP contribution in [0.5, 0.6) is 0 Å². The van der Waals surface area contributed by atoms with Crippen LogP contribution in [0.25, 0.3) is 0 Å². The molecule has 1 aliphatic heterocycles. The fourth-order valence-corrected chi connectivity index (χ4v) is 3.25. The number of ether oxygens (including phenoxy) is 1. The van der Waals surface area contributed by atoms with Gasteiger partial charge in [-0.3, -0.25) is 4.90 Å². The molecule has 1 N–H and O–H groups in total. The minimum atomic E-state index is -0.846. The largest absolute Gasteiger partial charge is 0.386 e. The van der Waals surface area contributed by atoms with E-state index in [4.69, 9.17) is 4.74 Å². The third-order valence-corrected chi connectivity index (χ3v) is 4.79. The summed E-state index contributed by atoms with van der Waals surface area (Å²) in [5.74, 6) is -0.312. The average Bonchev–Trinajstić information content (AvgIpc) is 2.46. The number of rotatable bonds is 4. The Balaban J connectivity index is 2.37. The number of morpholine rings is 1. The number of aliphatic hydroxyl groups excluding tert-OH is 1. The van der Waals surface area contributed by atoms with E-state index < -0.39 is 11.6 Å². The summed E-state index contributed by atoms with van der Waals surface area (Å²) in [5.41, 5.74) is 1.64. The molecule has 0 bridgehead atoms. The van der Waals surface area contributed by atoms with Gasteiger partial charge in [-0.15, -0.1) is 0 Å². The fourth-order valence-electron chi connectivity index (χ4n) is 3.25. The number of hydrogen-bond donors (Lipinski definition) is 1. The average molecular weight is 295 g/mol. The van der Waals surface area contributed by atoms with Gasteiger partial charge in [-0.2, -0.15) is 0 Å². The van der Waals surface area contributed by atoms with Crippen molar-refractivity contribution in [1.82, 2.24) is 4.90 Å². The van der Waals surface area contributed by atoms with Crippen LogP contribution in [0, 0.1) is 19.7 Å².